The minimum Gasteiger partial charge on any atom is -0.481 e. The van der Waals surface area contributed by atoms with E-state index in [-0.39, 0.29) is 17.1 Å². The van der Waals surface area contributed by atoms with Crippen molar-refractivity contribution in [1.82, 2.24) is 9.97 Å². The number of allylic oxidation sites excluding steroid dienone is 2. The highest BCUT2D eigenvalue weighted by Gasteiger charge is 2.37. The van der Waals surface area contributed by atoms with E-state index >= 15 is 0 Å². The largest absolute Gasteiger partial charge is 0.481 e. The van der Waals surface area contributed by atoms with Gasteiger partial charge in [0.25, 0.3) is 5.91 Å². The van der Waals surface area contributed by atoms with Crippen LogP contribution in [0.2, 0.25) is 0 Å². The van der Waals surface area contributed by atoms with Crippen molar-refractivity contribution in [1.29, 1.82) is 0 Å². The summed E-state index contributed by atoms with van der Waals surface area (Å²) in [6.07, 6.45) is 8.45. The number of nitrogens with zero attached hydrogens (tertiary/aromatic N) is 1. The van der Waals surface area contributed by atoms with Gasteiger partial charge in [0, 0.05) is 23.1 Å². The van der Waals surface area contributed by atoms with Crippen molar-refractivity contribution in [2.45, 2.75) is 85.2 Å². The number of nitrogens with one attached hydrogen (secondary N) is 2. The first-order valence-corrected chi connectivity index (χ1v) is 12.7. The third-order valence-electron chi connectivity index (χ3n) is 7.20. The lowest BCUT2D eigenvalue weighted by Gasteiger charge is -2.36. The summed E-state index contributed by atoms with van der Waals surface area (Å²) >= 11 is 0. The Hall–Kier alpha value is -2.93. The lowest BCUT2D eigenvalue weighted by atomic mass is 9.73. The van der Waals surface area contributed by atoms with Crippen LogP contribution in [0.25, 0.3) is 5.57 Å². The standard InChI is InChI=1S/C26H33N3O4.C2H6/c1-16-15-27-22(28-16)23(30)29-21-5-4-19(26(33)12-8-18(9-13-26)24(31)32)14-20(21)17-6-10-25(2,3)11-7-17;1-2/h4-6,14-15,18,33H,7-13H2,1-3H3,(H,27,28)(H,29,30)(H,31,32);1-2H3. The van der Waals surface area contributed by atoms with Crippen molar-refractivity contribution in [3.8, 4) is 0 Å². The third kappa shape index (κ3) is 6.20. The molecule has 4 N–H and O–H groups in total. The molecule has 0 unspecified atom stereocenters. The molecule has 2 aromatic rings. The monoisotopic (exact) mass is 481 g/mol. The van der Waals surface area contributed by atoms with E-state index in [1.807, 2.05) is 39.0 Å². The molecule has 0 saturated heterocycles. The summed E-state index contributed by atoms with van der Waals surface area (Å²) in [5, 5.41) is 23.7. The SMILES string of the molecule is CC.Cc1cnc(C(=O)Nc2ccc(C3(O)CCC(C(=O)O)CC3)cc2C2=CCC(C)(C)CC2)[nH]1. The van der Waals surface area contributed by atoms with Crippen LogP contribution in [0.5, 0.6) is 0 Å². The number of rotatable bonds is 5. The smallest absolute Gasteiger partial charge is 0.306 e. The summed E-state index contributed by atoms with van der Waals surface area (Å²) in [6.45, 7) is 10.4. The van der Waals surface area contributed by atoms with E-state index in [0.29, 0.717) is 31.4 Å². The first-order chi connectivity index (χ1) is 16.6. The normalized spacial score (nSPS) is 23.5. The first-order valence-electron chi connectivity index (χ1n) is 12.7. The number of carbonyl (C=O) groups excluding carboxylic acids is 1. The summed E-state index contributed by atoms with van der Waals surface area (Å²) in [6, 6.07) is 5.68. The molecule has 0 spiro atoms. The minimum absolute atomic E-state index is 0.240. The van der Waals surface area contributed by atoms with E-state index in [1.54, 1.807) is 6.20 Å². The Labute approximate surface area is 208 Å². The van der Waals surface area contributed by atoms with Crippen LogP contribution in [-0.4, -0.2) is 32.1 Å². The number of aliphatic carboxylic acids is 1. The van der Waals surface area contributed by atoms with Gasteiger partial charge in [-0.15, -0.1) is 0 Å². The number of imidazole rings is 1. The van der Waals surface area contributed by atoms with Crippen molar-refractivity contribution in [2.75, 3.05) is 5.32 Å². The Balaban J connectivity index is 0.00000167. The molecule has 7 nitrogen and oxygen atoms in total. The molecular weight excluding hydrogens is 442 g/mol. The summed E-state index contributed by atoms with van der Waals surface area (Å²) in [7, 11) is 0. The molecule has 1 fully saturated rings. The summed E-state index contributed by atoms with van der Waals surface area (Å²) in [5.41, 5.74) is 3.52. The number of carboxylic acid groups (broad SMARTS) is 1. The Morgan fingerprint density at radius 3 is 2.37 bits per heavy atom. The number of aliphatic hydroxyl groups is 1. The van der Waals surface area contributed by atoms with Gasteiger partial charge in [-0.1, -0.05) is 39.8 Å². The molecule has 4 rings (SSSR count). The van der Waals surface area contributed by atoms with Crippen LogP contribution in [0, 0.1) is 18.3 Å². The maximum atomic E-state index is 12.8. The van der Waals surface area contributed by atoms with Crippen molar-refractivity contribution in [2.24, 2.45) is 11.3 Å². The highest BCUT2D eigenvalue weighted by Crippen LogP contribution is 2.44. The molecule has 1 aromatic carbocycles. The number of hydrogen-bond acceptors (Lipinski definition) is 4. The Bertz CT molecular complexity index is 1090. The molecule has 0 aliphatic heterocycles. The van der Waals surface area contributed by atoms with Crippen molar-refractivity contribution < 1.29 is 19.8 Å². The molecule has 190 valence electrons. The molecule has 0 atom stereocenters. The van der Waals surface area contributed by atoms with Crippen LogP contribution in [0.4, 0.5) is 5.69 Å². The molecule has 1 aromatic heterocycles. The van der Waals surface area contributed by atoms with E-state index in [4.69, 9.17) is 0 Å². The fourth-order valence-electron chi connectivity index (χ4n) is 4.87. The molecule has 1 amide bonds. The predicted molar refractivity (Wildman–Crippen MR) is 138 cm³/mol. The van der Waals surface area contributed by atoms with Gasteiger partial charge >= 0.3 is 5.97 Å². The highest BCUT2D eigenvalue weighted by molar-refractivity contribution is 6.03. The molecule has 1 heterocycles. The Kier molecular flexibility index (Phi) is 8.21. The number of carbonyl (C=O) groups is 2. The second kappa shape index (κ2) is 10.8. The highest BCUT2D eigenvalue weighted by atomic mass is 16.4. The number of benzene rings is 1. The van der Waals surface area contributed by atoms with Crippen LogP contribution in [-0.2, 0) is 10.4 Å². The second-order valence-corrected chi connectivity index (χ2v) is 10.4. The van der Waals surface area contributed by atoms with Gasteiger partial charge < -0.3 is 20.5 Å². The molecule has 7 heteroatoms. The Morgan fingerprint density at radius 1 is 1.14 bits per heavy atom. The fourth-order valence-corrected chi connectivity index (χ4v) is 4.87. The molecule has 2 aliphatic carbocycles. The molecule has 0 radical (unpaired) electrons. The number of aromatic amines is 1. The predicted octanol–water partition coefficient (Wildman–Crippen LogP) is 6.05. The van der Waals surface area contributed by atoms with E-state index < -0.39 is 17.5 Å². The zero-order chi connectivity index (χ0) is 25.8. The van der Waals surface area contributed by atoms with Crippen LogP contribution in [0.1, 0.15) is 100 Å². The molecule has 1 saturated carbocycles. The van der Waals surface area contributed by atoms with Crippen molar-refractivity contribution >= 4 is 23.1 Å². The maximum absolute atomic E-state index is 12.8. The van der Waals surface area contributed by atoms with Gasteiger partial charge in [0.05, 0.1) is 11.5 Å². The van der Waals surface area contributed by atoms with Crippen molar-refractivity contribution in [3.05, 3.63) is 53.1 Å². The average Bonchev–Trinajstić information content (AvgIpc) is 3.27. The van der Waals surface area contributed by atoms with E-state index in [9.17, 15) is 19.8 Å². The van der Waals surface area contributed by atoms with Crippen LogP contribution in [0.15, 0.2) is 30.5 Å². The van der Waals surface area contributed by atoms with Gasteiger partial charge in [0.2, 0.25) is 0 Å². The lowest BCUT2D eigenvalue weighted by Crippen LogP contribution is -2.34. The number of aromatic nitrogens is 2. The van der Waals surface area contributed by atoms with Gasteiger partial charge in [0.1, 0.15) is 0 Å². The molecule has 0 bridgehead atoms. The van der Waals surface area contributed by atoms with Gasteiger partial charge in [-0.3, -0.25) is 9.59 Å². The van der Waals surface area contributed by atoms with Gasteiger partial charge in [-0.05, 0) is 80.6 Å². The zero-order valence-electron chi connectivity index (χ0n) is 21.6. The fraction of sp³-hybridized carbons (Fsp3) is 0.536. The third-order valence-corrected chi connectivity index (χ3v) is 7.20. The molecule has 2 aliphatic rings. The summed E-state index contributed by atoms with van der Waals surface area (Å²) in [4.78, 5) is 31.2. The van der Waals surface area contributed by atoms with Crippen LogP contribution < -0.4 is 5.32 Å². The quantitative estimate of drug-likeness (QED) is 0.415. The number of carboxylic acids is 1. The zero-order valence-corrected chi connectivity index (χ0v) is 21.6. The van der Waals surface area contributed by atoms with E-state index in [0.717, 1.165) is 41.7 Å². The summed E-state index contributed by atoms with van der Waals surface area (Å²) < 4.78 is 0. The topological polar surface area (TPSA) is 115 Å². The average molecular weight is 482 g/mol. The van der Waals surface area contributed by atoms with E-state index in [2.05, 4.69) is 35.2 Å². The molecule has 35 heavy (non-hydrogen) atoms. The number of anilines is 1. The van der Waals surface area contributed by atoms with Crippen LogP contribution >= 0.6 is 0 Å². The number of amides is 1. The van der Waals surface area contributed by atoms with Gasteiger partial charge in [-0.25, -0.2) is 4.98 Å². The Morgan fingerprint density at radius 2 is 1.83 bits per heavy atom. The van der Waals surface area contributed by atoms with E-state index in [1.165, 1.54) is 0 Å². The maximum Gasteiger partial charge on any atom is 0.306 e. The lowest BCUT2D eigenvalue weighted by molar-refractivity contribution is -0.145. The van der Waals surface area contributed by atoms with Crippen LogP contribution in [0.3, 0.4) is 0 Å². The number of aryl methyl sites for hydroxylation is 1. The number of hydrogen-bond donors (Lipinski definition) is 4. The summed E-state index contributed by atoms with van der Waals surface area (Å²) in [5.74, 6) is -1.25. The number of H-pyrrole nitrogens is 1. The van der Waals surface area contributed by atoms with Gasteiger partial charge in [-0.2, -0.15) is 0 Å². The second-order valence-electron chi connectivity index (χ2n) is 10.4. The van der Waals surface area contributed by atoms with Crippen molar-refractivity contribution in [3.63, 3.8) is 0 Å². The molecular formula is C28H39N3O4. The first kappa shape index (κ1) is 26.7. The minimum atomic E-state index is -1.06. The van der Waals surface area contributed by atoms with Gasteiger partial charge in [0.15, 0.2) is 5.82 Å².